The number of rotatable bonds is 5. The molecule has 0 aliphatic carbocycles. The molecule has 1 unspecified atom stereocenters. The third-order valence-corrected chi connectivity index (χ3v) is 3.93. The second kappa shape index (κ2) is 6.43. The zero-order valence-corrected chi connectivity index (χ0v) is 14.6. The largest absolute Gasteiger partial charge is 0.450 e. The number of ketones is 2. The van der Waals surface area contributed by atoms with Crippen LogP contribution >= 0.6 is 0 Å². The molecule has 7 nitrogen and oxygen atoms in total. The van der Waals surface area contributed by atoms with E-state index in [0.717, 1.165) is 0 Å². The number of carbonyl (C=O) groups excluding carboxylic acids is 3. The van der Waals surface area contributed by atoms with Crippen LogP contribution in [-0.2, 0) is 4.74 Å². The van der Waals surface area contributed by atoms with Crippen molar-refractivity contribution in [1.29, 1.82) is 0 Å². The summed E-state index contributed by atoms with van der Waals surface area (Å²) >= 11 is 0. The Hall–Kier alpha value is -2.70. The molecule has 0 saturated carbocycles. The Bertz CT molecular complexity index is 809. The normalized spacial score (nSPS) is 12.1. The van der Waals surface area contributed by atoms with E-state index in [1.165, 1.54) is 13.8 Å². The predicted molar refractivity (Wildman–Crippen MR) is 85.5 cm³/mol. The van der Waals surface area contributed by atoms with Crippen LogP contribution < -0.4 is 0 Å². The molecule has 24 heavy (non-hydrogen) atoms. The van der Waals surface area contributed by atoms with Gasteiger partial charge in [0, 0.05) is 11.3 Å². The molecule has 2 rings (SSSR count). The number of aromatic amines is 1. The lowest BCUT2D eigenvalue weighted by atomic mass is 10.0. The summed E-state index contributed by atoms with van der Waals surface area (Å²) in [5.41, 5.74) is 2.57. The summed E-state index contributed by atoms with van der Waals surface area (Å²) in [7, 11) is 0. The van der Waals surface area contributed by atoms with Gasteiger partial charge in [-0.2, -0.15) is 0 Å². The third kappa shape index (κ3) is 3.02. The molecule has 0 amide bonds. The highest BCUT2D eigenvalue weighted by Gasteiger charge is 2.28. The van der Waals surface area contributed by atoms with E-state index in [2.05, 4.69) is 10.1 Å². The number of nitrogens with one attached hydrogen (secondary N) is 1. The summed E-state index contributed by atoms with van der Waals surface area (Å²) in [6.45, 7) is 9.56. The van der Waals surface area contributed by atoms with Crippen LogP contribution in [0.1, 0.15) is 67.8 Å². The minimum Gasteiger partial charge on any atom is -0.450 e. The maximum absolute atomic E-state index is 12.6. The fourth-order valence-corrected chi connectivity index (χ4v) is 2.78. The highest BCUT2D eigenvalue weighted by molar-refractivity contribution is 6.05. The van der Waals surface area contributed by atoms with Crippen molar-refractivity contribution < 1.29 is 23.6 Å². The maximum atomic E-state index is 12.6. The molecule has 0 spiro atoms. The Morgan fingerprint density at radius 3 is 2.21 bits per heavy atom. The summed E-state index contributed by atoms with van der Waals surface area (Å²) in [5, 5.41) is 3.69. The monoisotopic (exact) mass is 332 g/mol. The lowest BCUT2D eigenvalue weighted by Crippen LogP contribution is -2.25. The Morgan fingerprint density at radius 1 is 1.12 bits per heavy atom. The zero-order valence-electron chi connectivity index (χ0n) is 14.6. The van der Waals surface area contributed by atoms with E-state index >= 15 is 0 Å². The molecule has 0 aromatic carbocycles. The first kappa shape index (κ1) is 17.7. The van der Waals surface area contributed by atoms with Crippen molar-refractivity contribution in [2.24, 2.45) is 0 Å². The molecule has 2 heterocycles. The number of nitrogens with zero attached hydrogens (tertiary/aromatic N) is 1. The van der Waals surface area contributed by atoms with Crippen LogP contribution in [0.3, 0.4) is 0 Å². The molecule has 0 radical (unpaired) electrons. The van der Waals surface area contributed by atoms with Crippen molar-refractivity contribution in [2.75, 3.05) is 0 Å². The van der Waals surface area contributed by atoms with Crippen LogP contribution in [0, 0.1) is 27.7 Å². The van der Waals surface area contributed by atoms with Crippen molar-refractivity contribution in [3.63, 3.8) is 0 Å². The molecular formula is C17H20N2O5. The van der Waals surface area contributed by atoms with Crippen LogP contribution in [-0.4, -0.2) is 33.8 Å². The summed E-state index contributed by atoms with van der Waals surface area (Å²) < 4.78 is 10.2. The maximum Gasteiger partial charge on any atom is 0.344 e. The molecular weight excluding hydrogens is 312 g/mol. The van der Waals surface area contributed by atoms with Crippen LogP contribution in [0.2, 0.25) is 0 Å². The fourth-order valence-electron chi connectivity index (χ4n) is 2.78. The molecule has 0 aliphatic rings. The first-order valence-corrected chi connectivity index (χ1v) is 7.53. The van der Waals surface area contributed by atoms with E-state index in [1.807, 2.05) is 0 Å². The van der Waals surface area contributed by atoms with Crippen LogP contribution in [0.4, 0.5) is 0 Å². The number of hydrogen-bond acceptors (Lipinski definition) is 6. The quantitative estimate of drug-likeness (QED) is 0.667. The van der Waals surface area contributed by atoms with Gasteiger partial charge in [0.25, 0.3) is 0 Å². The van der Waals surface area contributed by atoms with Gasteiger partial charge < -0.3 is 14.2 Å². The summed E-state index contributed by atoms with van der Waals surface area (Å²) in [4.78, 5) is 39.4. The number of aryl methyl sites for hydroxylation is 3. The van der Waals surface area contributed by atoms with Crippen molar-refractivity contribution in [3.8, 4) is 0 Å². The van der Waals surface area contributed by atoms with Gasteiger partial charge in [0.2, 0.25) is 5.78 Å². The zero-order chi connectivity index (χ0) is 18.2. The van der Waals surface area contributed by atoms with Crippen molar-refractivity contribution >= 4 is 17.5 Å². The molecule has 7 heteroatoms. The summed E-state index contributed by atoms with van der Waals surface area (Å²) in [5.74, 6) is -0.855. The average molecular weight is 332 g/mol. The molecule has 0 saturated heterocycles. The van der Waals surface area contributed by atoms with E-state index in [9.17, 15) is 14.4 Å². The highest BCUT2D eigenvalue weighted by Crippen LogP contribution is 2.21. The van der Waals surface area contributed by atoms with Gasteiger partial charge in [0.05, 0.1) is 11.4 Å². The average Bonchev–Trinajstić information content (AvgIpc) is 2.97. The van der Waals surface area contributed by atoms with Crippen molar-refractivity contribution in [1.82, 2.24) is 10.1 Å². The molecule has 128 valence electrons. The van der Waals surface area contributed by atoms with Gasteiger partial charge >= 0.3 is 5.97 Å². The third-order valence-electron chi connectivity index (χ3n) is 3.93. The highest BCUT2D eigenvalue weighted by atomic mass is 16.5. The summed E-state index contributed by atoms with van der Waals surface area (Å²) in [6.07, 6.45) is -1.01. The molecule has 2 aromatic heterocycles. The van der Waals surface area contributed by atoms with Crippen LogP contribution in [0.15, 0.2) is 4.52 Å². The van der Waals surface area contributed by atoms with Gasteiger partial charge in [-0.3, -0.25) is 9.59 Å². The van der Waals surface area contributed by atoms with E-state index in [1.54, 1.807) is 27.7 Å². The Morgan fingerprint density at radius 2 is 1.75 bits per heavy atom. The lowest BCUT2D eigenvalue weighted by Gasteiger charge is -2.12. The first-order valence-electron chi connectivity index (χ1n) is 7.53. The molecule has 1 atom stereocenters. The fraction of sp³-hybridized carbons (Fsp3) is 0.412. The van der Waals surface area contributed by atoms with Crippen molar-refractivity contribution in [3.05, 3.63) is 39.5 Å². The van der Waals surface area contributed by atoms with Gasteiger partial charge in [-0.15, -0.1) is 0 Å². The second-order valence-electron chi connectivity index (χ2n) is 5.79. The van der Waals surface area contributed by atoms with E-state index in [-0.39, 0.29) is 17.0 Å². The number of carbonyl (C=O) groups is 3. The standard InChI is InChI=1S/C17H20N2O5/c1-7-13(10(4)20)8(2)18-15(7)16(21)12(6)23-17(22)14-9(3)19-24-11(14)5/h12,18H,1-6H3. The number of hydrogen-bond donors (Lipinski definition) is 1. The topological polar surface area (TPSA) is 102 Å². The Balaban J connectivity index is 2.23. The van der Waals surface area contributed by atoms with Gasteiger partial charge in [-0.05, 0) is 47.1 Å². The molecule has 0 aliphatic heterocycles. The Kier molecular flexibility index (Phi) is 4.73. The van der Waals surface area contributed by atoms with Crippen molar-refractivity contribution in [2.45, 2.75) is 47.6 Å². The van der Waals surface area contributed by atoms with Gasteiger partial charge in [-0.25, -0.2) is 4.79 Å². The predicted octanol–water partition coefficient (Wildman–Crippen LogP) is 2.87. The molecule has 1 N–H and O–H groups in total. The van der Waals surface area contributed by atoms with E-state index in [4.69, 9.17) is 9.26 Å². The first-order chi connectivity index (χ1) is 11.1. The second-order valence-corrected chi connectivity index (χ2v) is 5.79. The molecule has 2 aromatic rings. The minimum absolute atomic E-state index is 0.124. The number of aromatic nitrogens is 2. The minimum atomic E-state index is -1.01. The number of ether oxygens (including phenoxy) is 1. The molecule has 0 bridgehead atoms. The van der Waals surface area contributed by atoms with E-state index < -0.39 is 17.9 Å². The smallest absolute Gasteiger partial charge is 0.344 e. The van der Waals surface area contributed by atoms with Gasteiger partial charge in [0.1, 0.15) is 11.3 Å². The Labute approximate surface area is 139 Å². The number of Topliss-reactive ketones (excluding diaryl/α,β-unsaturated/α-hetero) is 2. The van der Waals surface area contributed by atoms with Gasteiger partial charge in [0.15, 0.2) is 11.9 Å². The van der Waals surface area contributed by atoms with Crippen LogP contribution in [0.25, 0.3) is 0 Å². The number of H-pyrrole nitrogens is 1. The van der Waals surface area contributed by atoms with Gasteiger partial charge in [-0.1, -0.05) is 5.16 Å². The lowest BCUT2D eigenvalue weighted by molar-refractivity contribution is 0.0314. The number of esters is 1. The summed E-state index contributed by atoms with van der Waals surface area (Å²) in [6, 6.07) is 0. The van der Waals surface area contributed by atoms with Crippen LogP contribution in [0.5, 0.6) is 0 Å². The molecule has 0 fully saturated rings. The SMILES string of the molecule is CC(=O)c1c(C)[nH]c(C(=O)C(C)OC(=O)c2c(C)noc2C)c1C. The van der Waals surface area contributed by atoms with E-state index in [0.29, 0.717) is 28.3 Å².